The predicted molar refractivity (Wildman–Crippen MR) is 90.0 cm³/mol. The molecule has 0 N–H and O–H groups in total. The molecule has 1 fully saturated rings. The lowest BCUT2D eigenvalue weighted by Gasteiger charge is -2.25. The van der Waals surface area contributed by atoms with Gasteiger partial charge in [-0.2, -0.15) is 0 Å². The molecule has 3 rings (SSSR count). The van der Waals surface area contributed by atoms with E-state index in [1.54, 1.807) is 0 Å². The number of carbonyl (C=O) groups is 1. The first kappa shape index (κ1) is 16.3. The van der Waals surface area contributed by atoms with E-state index in [1.165, 1.54) is 37.9 Å². The van der Waals surface area contributed by atoms with Gasteiger partial charge >= 0.3 is 0 Å². The van der Waals surface area contributed by atoms with Crippen molar-refractivity contribution in [1.29, 1.82) is 0 Å². The van der Waals surface area contributed by atoms with Crippen LogP contribution in [0.5, 0.6) is 11.5 Å². The van der Waals surface area contributed by atoms with E-state index in [1.807, 2.05) is 6.07 Å². The molecular formula is C19H27NO3. The van der Waals surface area contributed by atoms with Crippen LogP contribution >= 0.6 is 0 Å². The highest BCUT2D eigenvalue weighted by molar-refractivity contribution is 5.78. The smallest absolute Gasteiger partial charge is 0.231 e. The molecule has 23 heavy (non-hydrogen) atoms. The maximum absolute atomic E-state index is 12.0. The molecule has 2 heterocycles. The van der Waals surface area contributed by atoms with E-state index in [4.69, 9.17) is 9.47 Å². The zero-order valence-corrected chi connectivity index (χ0v) is 13.9. The molecule has 4 heteroatoms. The molecule has 0 saturated carbocycles. The van der Waals surface area contributed by atoms with Gasteiger partial charge in [-0.05, 0) is 62.9 Å². The Morgan fingerprint density at radius 3 is 2.70 bits per heavy atom. The Kier molecular flexibility index (Phi) is 5.92. The standard InChI is InChI=1S/C19H27NO3/c21-17(10-13-20-11-4-1-5-12-20)7-3-2-6-16-8-9-18-19(14-16)23-15-22-18/h8-9,14H,1-7,10-13,15H2. The SMILES string of the molecule is O=C(CCCCc1ccc2c(c1)OCO2)CCN1CCCCC1. The number of benzene rings is 1. The lowest BCUT2D eigenvalue weighted by molar-refractivity contribution is -0.119. The fraction of sp³-hybridized carbons (Fsp3) is 0.632. The zero-order valence-electron chi connectivity index (χ0n) is 13.9. The minimum atomic E-state index is 0.324. The number of carbonyl (C=O) groups excluding carboxylic acids is 1. The van der Waals surface area contributed by atoms with Crippen molar-refractivity contribution < 1.29 is 14.3 Å². The fourth-order valence-electron chi connectivity index (χ4n) is 3.34. The molecule has 4 nitrogen and oxygen atoms in total. The van der Waals surface area contributed by atoms with Crippen molar-refractivity contribution in [3.63, 3.8) is 0 Å². The van der Waals surface area contributed by atoms with Gasteiger partial charge in [-0.1, -0.05) is 12.5 Å². The van der Waals surface area contributed by atoms with Crippen LogP contribution in [0.1, 0.15) is 50.5 Å². The summed E-state index contributed by atoms with van der Waals surface area (Å²) < 4.78 is 10.7. The van der Waals surface area contributed by atoms with Gasteiger partial charge in [0.25, 0.3) is 0 Å². The third kappa shape index (κ3) is 4.96. The first-order chi connectivity index (χ1) is 11.3. The highest BCUT2D eigenvalue weighted by Crippen LogP contribution is 2.32. The van der Waals surface area contributed by atoms with Crippen molar-refractivity contribution in [3.8, 4) is 11.5 Å². The number of hydrogen-bond acceptors (Lipinski definition) is 4. The van der Waals surface area contributed by atoms with Crippen LogP contribution in [-0.2, 0) is 11.2 Å². The third-order valence-corrected chi connectivity index (χ3v) is 4.76. The number of likely N-dealkylation sites (tertiary alicyclic amines) is 1. The zero-order chi connectivity index (χ0) is 15.9. The summed E-state index contributed by atoms with van der Waals surface area (Å²) in [6, 6.07) is 6.12. The molecule has 0 aliphatic carbocycles. The lowest BCUT2D eigenvalue weighted by Crippen LogP contribution is -2.31. The molecule has 0 spiro atoms. The number of rotatable bonds is 8. The predicted octanol–water partition coefficient (Wildman–Crippen LogP) is 3.57. The minimum absolute atomic E-state index is 0.324. The van der Waals surface area contributed by atoms with E-state index in [9.17, 15) is 4.79 Å². The van der Waals surface area contributed by atoms with Crippen LogP contribution in [0.2, 0.25) is 0 Å². The molecule has 126 valence electrons. The van der Waals surface area contributed by atoms with Crippen LogP contribution in [0, 0.1) is 0 Å². The average molecular weight is 317 g/mol. The molecule has 2 aliphatic rings. The number of piperidine rings is 1. The largest absolute Gasteiger partial charge is 0.454 e. The van der Waals surface area contributed by atoms with E-state index in [0.29, 0.717) is 12.6 Å². The molecule has 0 amide bonds. The Labute approximate surface area is 138 Å². The quantitative estimate of drug-likeness (QED) is 0.687. The van der Waals surface area contributed by atoms with Crippen molar-refractivity contribution in [2.75, 3.05) is 26.4 Å². The highest BCUT2D eigenvalue weighted by Gasteiger charge is 2.13. The normalized spacial score (nSPS) is 17.4. The number of aryl methyl sites for hydroxylation is 1. The Bertz CT molecular complexity index is 523. The molecule has 0 radical (unpaired) electrons. The molecule has 1 aromatic rings. The molecular weight excluding hydrogens is 290 g/mol. The number of nitrogens with zero attached hydrogens (tertiary/aromatic N) is 1. The van der Waals surface area contributed by atoms with Gasteiger partial charge in [-0.3, -0.25) is 4.79 Å². The van der Waals surface area contributed by atoms with Crippen molar-refractivity contribution >= 4 is 5.78 Å². The van der Waals surface area contributed by atoms with Gasteiger partial charge in [0.15, 0.2) is 11.5 Å². The van der Waals surface area contributed by atoms with Gasteiger partial charge in [0.1, 0.15) is 5.78 Å². The van der Waals surface area contributed by atoms with Gasteiger partial charge in [-0.15, -0.1) is 0 Å². The molecule has 0 unspecified atom stereocenters. The maximum atomic E-state index is 12.0. The number of ether oxygens (including phenoxy) is 2. The van der Waals surface area contributed by atoms with Crippen LogP contribution < -0.4 is 9.47 Å². The topological polar surface area (TPSA) is 38.8 Å². The third-order valence-electron chi connectivity index (χ3n) is 4.76. The van der Waals surface area contributed by atoms with E-state index in [-0.39, 0.29) is 0 Å². The number of hydrogen-bond donors (Lipinski definition) is 0. The van der Waals surface area contributed by atoms with Gasteiger partial charge < -0.3 is 14.4 Å². The summed E-state index contributed by atoms with van der Waals surface area (Å²) in [6.45, 7) is 3.64. The Morgan fingerprint density at radius 2 is 1.83 bits per heavy atom. The Balaban J connectivity index is 1.29. The van der Waals surface area contributed by atoms with E-state index in [0.717, 1.165) is 50.1 Å². The molecule has 0 bridgehead atoms. The second-order valence-electron chi connectivity index (χ2n) is 6.59. The summed E-state index contributed by atoms with van der Waals surface area (Å²) in [5.74, 6) is 2.10. The first-order valence-corrected chi connectivity index (χ1v) is 8.94. The van der Waals surface area contributed by atoms with Gasteiger partial charge in [-0.25, -0.2) is 0 Å². The highest BCUT2D eigenvalue weighted by atomic mass is 16.7. The van der Waals surface area contributed by atoms with Crippen LogP contribution in [0.25, 0.3) is 0 Å². The number of fused-ring (bicyclic) bond motifs is 1. The minimum Gasteiger partial charge on any atom is -0.454 e. The van der Waals surface area contributed by atoms with Gasteiger partial charge in [0.2, 0.25) is 6.79 Å². The second-order valence-corrected chi connectivity index (χ2v) is 6.59. The van der Waals surface area contributed by atoms with Crippen LogP contribution in [0.4, 0.5) is 0 Å². The van der Waals surface area contributed by atoms with Crippen molar-refractivity contribution in [2.45, 2.75) is 51.4 Å². The molecule has 0 atom stereocenters. The molecule has 1 saturated heterocycles. The van der Waals surface area contributed by atoms with E-state index < -0.39 is 0 Å². The van der Waals surface area contributed by atoms with E-state index in [2.05, 4.69) is 17.0 Å². The van der Waals surface area contributed by atoms with Gasteiger partial charge in [0.05, 0.1) is 0 Å². The lowest BCUT2D eigenvalue weighted by atomic mass is 10.0. The van der Waals surface area contributed by atoms with Gasteiger partial charge in [0, 0.05) is 19.4 Å². The van der Waals surface area contributed by atoms with Crippen LogP contribution in [0.3, 0.4) is 0 Å². The van der Waals surface area contributed by atoms with Crippen LogP contribution in [-0.4, -0.2) is 37.1 Å². The summed E-state index contributed by atoms with van der Waals surface area (Å²) in [6.07, 6.45) is 8.42. The molecule has 0 aromatic heterocycles. The summed E-state index contributed by atoms with van der Waals surface area (Å²) >= 11 is 0. The number of unbranched alkanes of at least 4 members (excludes halogenated alkanes) is 1. The van der Waals surface area contributed by atoms with Crippen molar-refractivity contribution in [1.82, 2.24) is 4.90 Å². The Hall–Kier alpha value is -1.55. The summed E-state index contributed by atoms with van der Waals surface area (Å²) in [5, 5.41) is 0. The van der Waals surface area contributed by atoms with Crippen molar-refractivity contribution in [2.24, 2.45) is 0 Å². The number of Topliss-reactive ketones (excluding diaryl/α,β-unsaturated/α-hetero) is 1. The molecule has 1 aromatic carbocycles. The summed E-state index contributed by atoms with van der Waals surface area (Å²) in [7, 11) is 0. The van der Waals surface area contributed by atoms with Crippen LogP contribution in [0.15, 0.2) is 18.2 Å². The Morgan fingerprint density at radius 1 is 1.00 bits per heavy atom. The maximum Gasteiger partial charge on any atom is 0.231 e. The average Bonchev–Trinajstić information content (AvgIpc) is 3.05. The first-order valence-electron chi connectivity index (χ1n) is 8.94. The summed E-state index contributed by atoms with van der Waals surface area (Å²) in [4.78, 5) is 14.4. The summed E-state index contributed by atoms with van der Waals surface area (Å²) in [5.41, 5.74) is 1.26. The van der Waals surface area contributed by atoms with Crippen molar-refractivity contribution in [3.05, 3.63) is 23.8 Å². The fourth-order valence-corrected chi connectivity index (χ4v) is 3.34. The second kappa shape index (κ2) is 8.34. The van der Waals surface area contributed by atoms with E-state index >= 15 is 0 Å². The molecule has 2 aliphatic heterocycles. The number of ketones is 1. The monoisotopic (exact) mass is 317 g/mol.